The molecule has 30 heavy (non-hydrogen) atoms. The molecule has 0 unspecified atom stereocenters. The van der Waals surface area contributed by atoms with Crippen LogP contribution in [0.1, 0.15) is 30.0 Å². The average molecular weight is 423 g/mol. The molecule has 0 aliphatic carbocycles. The SMILES string of the molecule is CC[C@@]1(O)C(=O)OCc2c1cc1n(c2=O)Cc2c-1nc1ccc(O)cc1c2[SiH](C)C. The fourth-order valence-corrected chi connectivity index (χ4v) is 6.54. The Kier molecular flexibility index (Phi) is 3.97. The van der Waals surface area contributed by atoms with Gasteiger partial charge < -0.3 is 19.5 Å². The maximum absolute atomic E-state index is 13.3. The highest BCUT2D eigenvalue weighted by molar-refractivity contribution is 6.73. The van der Waals surface area contributed by atoms with Crippen molar-refractivity contribution in [3.05, 3.63) is 51.3 Å². The number of hydrogen-bond acceptors (Lipinski definition) is 6. The third kappa shape index (κ3) is 2.37. The van der Waals surface area contributed by atoms with Gasteiger partial charge in [0.05, 0.1) is 37.8 Å². The molecule has 0 spiro atoms. The zero-order chi connectivity index (χ0) is 21.4. The Bertz CT molecular complexity index is 1310. The summed E-state index contributed by atoms with van der Waals surface area (Å²) in [5.41, 5.74) is 1.62. The van der Waals surface area contributed by atoms with Gasteiger partial charge in [0.15, 0.2) is 5.60 Å². The fraction of sp³-hybridized carbons (Fsp3) is 0.318. The van der Waals surface area contributed by atoms with E-state index in [2.05, 4.69) is 13.1 Å². The largest absolute Gasteiger partial charge is 0.508 e. The number of rotatable bonds is 2. The summed E-state index contributed by atoms with van der Waals surface area (Å²) in [6.45, 7) is 6.35. The first-order valence-electron chi connectivity index (χ1n) is 10.1. The van der Waals surface area contributed by atoms with Crippen molar-refractivity contribution in [2.45, 2.75) is 45.2 Å². The highest BCUT2D eigenvalue weighted by Gasteiger charge is 2.45. The minimum absolute atomic E-state index is 0.114. The van der Waals surface area contributed by atoms with Crippen LogP contribution in [0, 0.1) is 0 Å². The summed E-state index contributed by atoms with van der Waals surface area (Å²) in [5.74, 6) is -0.538. The minimum atomic E-state index is -1.83. The Morgan fingerprint density at radius 1 is 1.23 bits per heavy atom. The Labute approximate surface area is 174 Å². The van der Waals surface area contributed by atoms with Crippen LogP contribution in [0.15, 0.2) is 29.1 Å². The van der Waals surface area contributed by atoms with Gasteiger partial charge in [-0.3, -0.25) is 4.79 Å². The van der Waals surface area contributed by atoms with Crippen molar-refractivity contribution in [1.82, 2.24) is 9.55 Å². The number of aliphatic hydroxyl groups is 1. The van der Waals surface area contributed by atoms with Gasteiger partial charge in [0.1, 0.15) is 12.4 Å². The Hall–Kier alpha value is -2.97. The van der Waals surface area contributed by atoms with E-state index in [9.17, 15) is 19.8 Å². The Morgan fingerprint density at radius 2 is 2.00 bits per heavy atom. The second kappa shape index (κ2) is 6.26. The molecule has 7 nitrogen and oxygen atoms in total. The van der Waals surface area contributed by atoms with Crippen LogP contribution in [0.3, 0.4) is 0 Å². The third-order valence-electron chi connectivity index (χ3n) is 6.29. The first-order valence-corrected chi connectivity index (χ1v) is 13.0. The number of carbonyl (C=O) groups excluding carboxylic acids is 1. The summed E-state index contributed by atoms with van der Waals surface area (Å²) in [4.78, 5) is 30.4. The molecular formula is C22H22N2O5Si. The van der Waals surface area contributed by atoms with Crippen molar-refractivity contribution in [2.75, 3.05) is 0 Å². The molecule has 2 aliphatic heterocycles. The van der Waals surface area contributed by atoms with Gasteiger partial charge >= 0.3 is 5.97 Å². The quantitative estimate of drug-likeness (QED) is 0.375. The van der Waals surface area contributed by atoms with Crippen molar-refractivity contribution in [3.63, 3.8) is 0 Å². The molecule has 0 saturated carbocycles. The van der Waals surface area contributed by atoms with E-state index < -0.39 is 20.4 Å². The highest BCUT2D eigenvalue weighted by Crippen LogP contribution is 2.38. The molecule has 2 aromatic heterocycles. The van der Waals surface area contributed by atoms with E-state index in [0.29, 0.717) is 29.1 Å². The molecular weight excluding hydrogens is 400 g/mol. The number of phenolic OH excluding ortho intramolecular Hbond substituents is 1. The molecule has 5 rings (SSSR count). The summed E-state index contributed by atoms with van der Waals surface area (Å²) < 4.78 is 6.79. The summed E-state index contributed by atoms with van der Waals surface area (Å²) in [6.07, 6.45) is 0.114. The second-order valence-corrected chi connectivity index (χ2v) is 11.2. The van der Waals surface area contributed by atoms with Crippen LogP contribution in [0.2, 0.25) is 13.1 Å². The van der Waals surface area contributed by atoms with E-state index in [0.717, 1.165) is 16.5 Å². The minimum Gasteiger partial charge on any atom is -0.508 e. The number of carbonyl (C=O) groups is 1. The number of phenols is 1. The normalized spacial score (nSPS) is 19.6. The molecule has 154 valence electrons. The van der Waals surface area contributed by atoms with Crippen LogP contribution in [-0.4, -0.2) is 34.5 Å². The predicted octanol–water partition coefficient (Wildman–Crippen LogP) is 1.48. The monoisotopic (exact) mass is 422 g/mol. The molecule has 8 heteroatoms. The topological polar surface area (TPSA) is 102 Å². The van der Waals surface area contributed by atoms with Crippen LogP contribution >= 0.6 is 0 Å². The molecule has 2 aliphatic rings. The molecule has 1 atom stereocenters. The van der Waals surface area contributed by atoms with Gasteiger partial charge in [-0.15, -0.1) is 0 Å². The molecule has 0 bridgehead atoms. The van der Waals surface area contributed by atoms with Crippen LogP contribution in [0.25, 0.3) is 22.3 Å². The van der Waals surface area contributed by atoms with Crippen molar-refractivity contribution in [3.8, 4) is 17.1 Å². The van der Waals surface area contributed by atoms with E-state index in [1.807, 2.05) is 0 Å². The summed E-state index contributed by atoms with van der Waals surface area (Å²) in [7, 11) is -1.36. The number of fused-ring (bicyclic) bond motifs is 5. The van der Waals surface area contributed by atoms with E-state index in [1.165, 1.54) is 5.19 Å². The van der Waals surface area contributed by atoms with Crippen LogP contribution in [0.5, 0.6) is 5.75 Å². The van der Waals surface area contributed by atoms with E-state index >= 15 is 0 Å². The maximum atomic E-state index is 13.3. The molecule has 0 saturated heterocycles. The highest BCUT2D eigenvalue weighted by atomic mass is 28.3. The lowest BCUT2D eigenvalue weighted by molar-refractivity contribution is -0.172. The summed E-state index contributed by atoms with van der Waals surface area (Å²) in [5, 5.41) is 23.1. The van der Waals surface area contributed by atoms with E-state index in [1.54, 1.807) is 35.8 Å². The van der Waals surface area contributed by atoms with Crippen molar-refractivity contribution in [2.24, 2.45) is 0 Å². The first-order chi connectivity index (χ1) is 14.3. The number of ether oxygens (including phenoxy) is 1. The smallest absolute Gasteiger partial charge is 0.343 e. The lowest BCUT2D eigenvalue weighted by Gasteiger charge is -2.31. The number of benzene rings is 1. The molecule has 3 aromatic rings. The van der Waals surface area contributed by atoms with E-state index in [-0.39, 0.29) is 24.3 Å². The standard InChI is InChI=1S/C22H22N2O5Si/c1-4-22(28)15-8-17-18-13(9-24(17)20(26)14(15)10-29-21(22)27)19(30(2)3)12-7-11(25)5-6-16(12)23-18/h5-8,25,28,30H,4,9-10H2,1-3H3/t22-/m0/s1. The fourth-order valence-electron chi connectivity index (χ4n) is 4.76. The van der Waals surface area contributed by atoms with Gasteiger partial charge in [-0.25, -0.2) is 9.78 Å². The lowest BCUT2D eigenvalue weighted by Crippen LogP contribution is -2.44. The van der Waals surface area contributed by atoms with E-state index in [4.69, 9.17) is 9.72 Å². The van der Waals surface area contributed by atoms with Crippen LogP contribution in [0.4, 0.5) is 0 Å². The Balaban J connectivity index is 1.85. The van der Waals surface area contributed by atoms with Crippen molar-refractivity contribution < 1.29 is 19.7 Å². The number of esters is 1. The van der Waals surface area contributed by atoms with Crippen LogP contribution < -0.4 is 10.7 Å². The van der Waals surface area contributed by atoms with Gasteiger partial charge in [0, 0.05) is 10.9 Å². The molecule has 4 heterocycles. The molecule has 1 aromatic carbocycles. The molecule has 2 N–H and O–H groups in total. The number of cyclic esters (lactones) is 1. The number of aromatic nitrogens is 2. The zero-order valence-electron chi connectivity index (χ0n) is 17.0. The summed E-state index contributed by atoms with van der Waals surface area (Å²) in [6, 6.07) is 6.86. The lowest BCUT2D eigenvalue weighted by atomic mass is 9.86. The molecule has 0 fully saturated rings. The van der Waals surface area contributed by atoms with Gasteiger partial charge in [-0.1, -0.05) is 20.0 Å². The summed E-state index contributed by atoms with van der Waals surface area (Å²) >= 11 is 0. The third-order valence-corrected chi connectivity index (χ3v) is 8.11. The molecule has 0 amide bonds. The van der Waals surface area contributed by atoms with Gasteiger partial charge in [-0.05, 0) is 41.4 Å². The Morgan fingerprint density at radius 3 is 2.70 bits per heavy atom. The number of hydrogen-bond donors (Lipinski definition) is 2. The zero-order valence-corrected chi connectivity index (χ0v) is 18.2. The number of nitrogens with zero attached hydrogens (tertiary/aromatic N) is 2. The van der Waals surface area contributed by atoms with Gasteiger partial charge in [0.25, 0.3) is 5.56 Å². The van der Waals surface area contributed by atoms with Gasteiger partial charge in [0.2, 0.25) is 0 Å². The van der Waals surface area contributed by atoms with Gasteiger partial charge in [-0.2, -0.15) is 0 Å². The molecule has 0 radical (unpaired) electrons. The van der Waals surface area contributed by atoms with Crippen molar-refractivity contribution in [1.29, 1.82) is 0 Å². The van der Waals surface area contributed by atoms with Crippen LogP contribution in [-0.2, 0) is 28.3 Å². The maximum Gasteiger partial charge on any atom is 0.343 e. The second-order valence-electron chi connectivity index (χ2n) is 8.31. The average Bonchev–Trinajstić information content (AvgIpc) is 3.07. The van der Waals surface area contributed by atoms with Crippen molar-refractivity contribution >= 4 is 30.9 Å². The first kappa shape index (κ1) is 19.0. The number of aromatic hydroxyl groups is 1. The predicted molar refractivity (Wildman–Crippen MR) is 115 cm³/mol. The number of pyridine rings is 2.